The fraction of sp³-hybridized carbons (Fsp3) is 0.923. The number of hydrogen-bond donors (Lipinski definition) is 1. The van der Waals surface area contributed by atoms with Gasteiger partial charge in [0.2, 0.25) is 5.91 Å². The predicted octanol–water partition coefficient (Wildman–Crippen LogP) is 0.911. The maximum Gasteiger partial charge on any atom is 0.239 e. The number of likely N-dealkylation sites (N-methyl/N-ethyl adjacent to an activating group) is 1. The van der Waals surface area contributed by atoms with Crippen LogP contribution in [0.2, 0.25) is 0 Å². The molecule has 0 saturated carbocycles. The van der Waals surface area contributed by atoms with Crippen LogP contribution < -0.4 is 5.73 Å². The van der Waals surface area contributed by atoms with Gasteiger partial charge in [-0.05, 0) is 33.2 Å². The van der Waals surface area contributed by atoms with Crippen molar-refractivity contribution in [2.24, 2.45) is 11.7 Å². The third-order valence-electron chi connectivity index (χ3n) is 3.87. The average molecular weight is 241 g/mol. The molecule has 0 unspecified atom stereocenters. The lowest BCUT2D eigenvalue weighted by molar-refractivity contribution is -0.132. The number of rotatable bonds is 4. The number of carbonyl (C=O) groups is 1. The lowest BCUT2D eigenvalue weighted by Crippen LogP contribution is -2.47. The van der Waals surface area contributed by atoms with Gasteiger partial charge in [0, 0.05) is 25.2 Å². The van der Waals surface area contributed by atoms with Gasteiger partial charge in [-0.3, -0.25) is 9.69 Å². The minimum atomic E-state index is -0.349. The van der Waals surface area contributed by atoms with Crippen molar-refractivity contribution >= 4 is 5.91 Å². The molecular formula is C13H27N3O. The molecule has 4 heteroatoms. The molecule has 0 spiro atoms. The lowest BCUT2D eigenvalue weighted by Gasteiger charge is -2.29. The Balaban J connectivity index is 2.53. The highest BCUT2D eigenvalue weighted by Gasteiger charge is 2.32. The van der Waals surface area contributed by atoms with Crippen molar-refractivity contribution in [3.8, 4) is 0 Å². The van der Waals surface area contributed by atoms with Crippen molar-refractivity contribution in [1.82, 2.24) is 9.80 Å². The molecule has 0 aromatic rings. The van der Waals surface area contributed by atoms with Crippen LogP contribution in [0.1, 0.15) is 34.1 Å². The van der Waals surface area contributed by atoms with E-state index in [0.29, 0.717) is 12.1 Å². The standard InChI is InChI=1S/C13H27N3O/c1-9(2)12(14)13(17)16-7-6-11(8-16)15(5)10(3)4/h9-12H,6-8,14H2,1-5H3/t11-,12-/m0/s1. The summed E-state index contributed by atoms with van der Waals surface area (Å²) in [5.41, 5.74) is 5.92. The summed E-state index contributed by atoms with van der Waals surface area (Å²) < 4.78 is 0. The predicted molar refractivity (Wildman–Crippen MR) is 70.7 cm³/mol. The molecule has 1 rings (SSSR count). The topological polar surface area (TPSA) is 49.6 Å². The fourth-order valence-corrected chi connectivity index (χ4v) is 2.19. The zero-order chi connectivity index (χ0) is 13.2. The largest absolute Gasteiger partial charge is 0.340 e. The van der Waals surface area contributed by atoms with E-state index in [9.17, 15) is 4.79 Å². The Morgan fingerprint density at radius 3 is 2.41 bits per heavy atom. The van der Waals surface area contributed by atoms with E-state index in [2.05, 4.69) is 25.8 Å². The highest BCUT2D eigenvalue weighted by molar-refractivity contribution is 5.82. The Morgan fingerprint density at radius 2 is 1.94 bits per heavy atom. The first-order valence-corrected chi connectivity index (χ1v) is 6.61. The summed E-state index contributed by atoms with van der Waals surface area (Å²) in [6, 6.07) is 0.658. The summed E-state index contributed by atoms with van der Waals surface area (Å²) in [6.45, 7) is 10.0. The third-order valence-corrected chi connectivity index (χ3v) is 3.87. The molecule has 1 amide bonds. The van der Waals surface area contributed by atoms with Gasteiger partial charge in [0.25, 0.3) is 0 Å². The molecular weight excluding hydrogens is 214 g/mol. The van der Waals surface area contributed by atoms with E-state index in [1.54, 1.807) is 0 Å². The van der Waals surface area contributed by atoms with Crippen LogP contribution >= 0.6 is 0 Å². The summed E-state index contributed by atoms with van der Waals surface area (Å²) >= 11 is 0. The van der Waals surface area contributed by atoms with Gasteiger partial charge < -0.3 is 10.6 Å². The summed E-state index contributed by atoms with van der Waals surface area (Å²) in [7, 11) is 2.13. The lowest BCUT2D eigenvalue weighted by atomic mass is 10.0. The molecule has 0 aromatic carbocycles. The molecule has 1 saturated heterocycles. The first-order chi connectivity index (χ1) is 7.84. The van der Waals surface area contributed by atoms with Crippen LogP contribution in [0.25, 0.3) is 0 Å². The van der Waals surface area contributed by atoms with E-state index in [0.717, 1.165) is 19.5 Å². The molecule has 0 aromatic heterocycles. The molecule has 1 aliphatic rings. The monoisotopic (exact) mass is 241 g/mol. The molecule has 2 atom stereocenters. The summed E-state index contributed by atoms with van der Waals surface area (Å²) in [6.07, 6.45) is 1.06. The number of amides is 1. The van der Waals surface area contributed by atoms with Crippen LogP contribution in [-0.2, 0) is 4.79 Å². The number of nitrogens with two attached hydrogens (primary N) is 1. The SMILES string of the molecule is CC(C)[C@H](N)C(=O)N1CC[C@H](N(C)C(C)C)C1. The zero-order valence-electron chi connectivity index (χ0n) is 11.8. The molecule has 17 heavy (non-hydrogen) atoms. The Labute approximate surface area is 105 Å². The van der Waals surface area contributed by atoms with Crippen molar-refractivity contribution in [2.75, 3.05) is 20.1 Å². The highest BCUT2D eigenvalue weighted by atomic mass is 16.2. The van der Waals surface area contributed by atoms with Crippen molar-refractivity contribution < 1.29 is 4.79 Å². The van der Waals surface area contributed by atoms with Gasteiger partial charge in [0.1, 0.15) is 0 Å². The molecule has 0 aliphatic carbocycles. The number of carbonyl (C=O) groups excluding carboxylic acids is 1. The van der Waals surface area contributed by atoms with E-state index in [-0.39, 0.29) is 17.9 Å². The second-order valence-electron chi connectivity index (χ2n) is 5.76. The highest BCUT2D eigenvalue weighted by Crippen LogP contribution is 2.18. The van der Waals surface area contributed by atoms with Gasteiger partial charge in [-0.15, -0.1) is 0 Å². The molecule has 0 bridgehead atoms. The second kappa shape index (κ2) is 5.83. The average Bonchev–Trinajstić information content (AvgIpc) is 2.74. The van der Waals surface area contributed by atoms with Crippen LogP contribution in [0.4, 0.5) is 0 Å². The van der Waals surface area contributed by atoms with Crippen LogP contribution in [0.3, 0.4) is 0 Å². The summed E-state index contributed by atoms with van der Waals surface area (Å²) in [5.74, 6) is 0.323. The van der Waals surface area contributed by atoms with Crippen molar-refractivity contribution in [3.05, 3.63) is 0 Å². The van der Waals surface area contributed by atoms with Gasteiger partial charge in [-0.25, -0.2) is 0 Å². The Bertz CT molecular complexity index is 265. The van der Waals surface area contributed by atoms with Gasteiger partial charge in [0.15, 0.2) is 0 Å². The Hall–Kier alpha value is -0.610. The first kappa shape index (κ1) is 14.5. The minimum absolute atomic E-state index is 0.111. The third kappa shape index (κ3) is 3.42. The maximum atomic E-state index is 12.1. The molecule has 4 nitrogen and oxygen atoms in total. The summed E-state index contributed by atoms with van der Waals surface area (Å²) in [5, 5.41) is 0. The van der Waals surface area contributed by atoms with Gasteiger partial charge in [0.05, 0.1) is 6.04 Å². The normalized spacial score (nSPS) is 22.9. The van der Waals surface area contributed by atoms with E-state index in [1.807, 2.05) is 18.7 Å². The fourth-order valence-electron chi connectivity index (χ4n) is 2.19. The van der Waals surface area contributed by atoms with Crippen LogP contribution in [0.15, 0.2) is 0 Å². The van der Waals surface area contributed by atoms with E-state index in [4.69, 9.17) is 5.73 Å². The quantitative estimate of drug-likeness (QED) is 0.796. The molecule has 1 fully saturated rings. The number of likely N-dealkylation sites (tertiary alicyclic amines) is 1. The van der Waals surface area contributed by atoms with Crippen molar-refractivity contribution in [1.29, 1.82) is 0 Å². The molecule has 100 valence electrons. The number of nitrogens with zero attached hydrogens (tertiary/aromatic N) is 2. The minimum Gasteiger partial charge on any atom is -0.340 e. The summed E-state index contributed by atoms with van der Waals surface area (Å²) in [4.78, 5) is 16.4. The smallest absolute Gasteiger partial charge is 0.239 e. The van der Waals surface area contributed by atoms with Crippen LogP contribution in [-0.4, -0.2) is 54.0 Å². The second-order valence-corrected chi connectivity index (χ2v) is 5.76. The number of hydrogen-bond acceptors (Lipinski definition) is 3. The first-order valence-electron chi connectivity index (χ1n) is 6.61. The van der Waals surface area contributed by atoms with Crippen LogP contribution in [0, 0.1) is 5.92 Å². The van der Waals surface area contributed by atoms with Crippen LogP contribution in [0.5, 0.6) is 0 Å². The van der Waals surface area contributed by atoms with Gasteiger partial charge >= 0.3 is 0 Å². The van der Waals surface area contributed by atoms with E-state index < -0.39 is 0 Å². The molecule has 1 heterocycles. The Morgan fingerprint density at radius 1 is 1.35 bits per heavy atom. The Kier molecular flexibility index (Phi) is 4.95. The van der Waals surface area contributed by atoms with Crippen molar-refractivity contribution in [2.45, 2.75) is 52.2 Å². The molecule has 2 N–H and O–H groups in total. The zero-order valence-corrected chi connectivity index (χ0v) is 11.8. The molecule has 1 aliphatic heterocycles. The molecule has 0 radical (unpaired) electrons. The van der Waals surface area contributed by atoms with Gasteiger partial charge in [-0.2, -0.15) is 0 Å². The van der Waals surface area contributed by atoms with Gasteiger partial charge in [-0.1, -0.05) is 13.8 Å². The van der Waals surface area contributed by atoms with Crippen molar-refractivity contribution in [3.63, 3.8) is 0 Å². The van der Waals surface area contributed by atoms with E-state index >= 15 is 0 Å². The van der Waals surface area contributed by atoms with E-state index in [1.165, 1.54) is 0 Å². The maximum absolute atomic E-state index is 12.1.